The number of para-hydroxylation sites is 1. The van der Waals surface area contributed by atoms with E-state index in [1.165, 1.54) is 18.2 Å². The van der Waals surface area contributed by atoms with Crippen molar-refractivity contribution in [2.75, 3.05) is 5.75 Å². The zero-order chi connectivity index (χ0) is 14.1. The lowest BCUT2D eigenvalue weighted by atomic mass is 9.85. The molecule has 1 saturated heterocycles. The number of halogens is 3. The molecule has 2 nitrogen and oxygen atoms in total. The first-order valence-corrected chi connectivity index (χ1v) is 7.07. The number of rotatable bonds is 2. The molecule has 2 unspecified atom stereocenters. The second kappa shape index (κ2) is 5.25. The quantitative estimate of drug-likeness (QED) is 0.901. The first kappa shape index (κ1) is 14.5. The van der Waals surface area contributed by atoms with Gasteiger partial charge in [-0.15, -0.1) is 13.2 Å². The molecule has 1 aromatic rings. The van der Waals surface area contributed by atoms with Crippen LogP contribution in [0.15, 0.2) is 24.3 Å². The summed E-state index contributed by atoms with van der Waals surface area (Å²) in [6, 6.07) is 5.83. The monoisotopic (exact) mass is 292 g/mol. The van der Waals surface area contributed by atoms with Gasteiger partial charge in [-0.1, -0.05) is 25.1 Å². The zero-order valence-electron chi connectivity index (χ0n) is 10.4. The standard InChI is InChI=1S/C13H15F3O2S/c1-9-12(17,7-4-8-19-9)10-5-2-3-6-11(10)18-13(14,15)16/h2-3,5-6,9,17H,4,7-8H2,1H3. The molecule has 0 bridgehead atoms. The number of hydrogen-bond acceptors (Lipinski definition) is 3. The highest BCUT2D eigenvalue weighted by atomic mass is 32.2. The Morgan fingerprint density at radius 1 is 1.37 bits per heavy atom. The van der Waals surface area contributed by atoms with E-state index < -0.39 is 12.0 Å². The fourth-order valence-corrected chi connectivity index (χ4v) is 3.52. The van der Waals surface area contributed by atoms with Gasteiger partial charge in [0, 0.05) is 10.8 Å². The zero-order valence-corrected chi connectivity index (χ0v) is 11.2. The molecule has 0 spiro atoms. The van der Waals surface area contributed by atoms with Gasteiger partial charge in [0.05, 0.1) is 0 Å². The van der Waals surface area contributed by atoms with Crippen LogP contribution in [0.4, 0.5) is 13.2 Å². The van der Waals surface area contributed by atoms with Gasteiger partial charge in [-0.05, 0) is 24.7 Å². The average Bonchev–Trinajstić information content (AvgIpc) is 2.32. The van der Waals surface area contributed by atoms with Crippen LogP contribution in [0.3, 0.4) is 0 Å². The Bertz CT molecular complexity index is 450. The molecule has 2 rings (SSSR count). The maximum absolute atomic E-state index is 12.4. The Morgan fingerprint density at radius 2 is 2.05 bits per heavy atom. The highest BCUT2D eigenvalue weighted by molar-refractivity contribution is 8.00. The van der Waals surface area contributed by atoms with E-state index in [0.29, 0.717) is 6.42 Å². The summed E-state index contributed by atoms with van der Waals surface area (Å²) in [6.45, 7) is 1.83. The van der Waals surface area contributed by atoms with Crippen molar-refractivity contribution in [3.63, 3.8) is 0 Å². The number of aliphatic hydroxyl groups is 1. The topological polar surface area (TPSA) is 29.5 Å². The molecule has 1 aliphatic rings. The summed E-state index contributed by atoms with van der Waals surface area (Å²) in [5, 5.41) is 10.6. The van der Waals surface area contributed by atoms with E-state index >= 15 is 0 Å². The van der Waals surface area contributed by atoms with E-state index in [1.807, 2.05) is 6.92 Å². The number of benzene rings is 1. The van der Waals surface area contributed by atoms with E-state index in [0.717, 1.165) is 12.2 Å². The molecule has 6 heteroatoms. The van der Waals surface area contributed by atoms with Crippen LogP contribution in [0.1, 0.15) is 25.3 Å². The molecular formula is C13H15F3O2S. The van der Waals surface area contributed by atoms with Crippen molar-refractivity contribution in [2.24, 2.45) is 0 Å². The van der Waals surface area contributed by atoms with Crippen LogP contribution in [-0.2, 0) is 5.60 Å². The molecule has 1 aromatic carbocycles. The van der Waals surface area contributed by atoms with Crippen molar-refractivity contribution < 1.29 is 23.0 Å². The summed E-state index contributed by atoms with van der Waals surface area (Å²) in [5.74, 6) is 0.595. The third kappa shape index (κ3) is 3.17. The molecule has 2 atom stereocenters. The Labute approximate surface area is 114 Å². The molecular weight excluding hydrogens is 277 g/mol. The van der Waals surface area contributed by atoms with Crippen LogP contribution in [0.25, 0.3) is 0 Å². The number of ether oxygens (including phenoxy) is 1. The smallest absolute Gasteiger partial charge is 0.405 e. The molecule has 0 amide bonds. The van der Waals surface area contributed by atoms with Gasteiger partial charge in [0.15, 0.2) is 0 Å². The lowest BCUT2D eigenvalue weighted by Crippen LogP contribution is -2.39. The normalized spacial score (nSPS) is 28.2. The van der Waals surface area contributed by atoms with Crippen LogP contribution in [-0.4, -0.2) is 22.5 Å². The summed E-state index contributed by atoms with van der Waals surface area (Å²) < 4.78 is 41.2. The van der Waals surface area contributed by atoms with Crippen molar-refractivity contribution in [3.05, 3.63) is 29.8 Å². The summed E-state index contributed by atoms with van der Waals surface area (Å²) in [5.41, 5.74) is -1.06. The van der Waals surface area contributed by atoms with E-state index in [-0.39, 0.29) is 16.6 Å². The summed E-state index contributed by atoms with van der Waals surface area (Å²) in [7, 11) is 0. The molecule has 1 fully saturated rings. The second-order valence-corrected chi connectivity index (χ2v) is 6.03. The molecule has 1 aliphatic heterocycles. The minimum atomic E-state index is -4.75. The summed E-state index contributed by atoms with van der Waals surface area (Å²) in [6.07, 6.45) is -3.54. The van der Waals surface area contributed by atoms with Crippen LogP contribution >= 0.6 is 11.8 Å². The van der Waals surface area contributed by atoms with Gasteiger partial charge in [0.2, 0.25) is 0 Å². The maximum Gasteiger partial charge on any atom is 0.573 e. The molecule has 0 aliphatic carbocycles. The highest BCUT2D eigenvalue weighted by Crippen LogP contribution is 2.45. The SMILES string of the molecule is CC1SCCCC1(O)c1ccccc1OC(F)(F)F. The van der Waals surface area contributed by atoms with Crippen LogP contribution in [0.2, 0.25) is 0 Å². The van der Waals surface area contributed by atoms with Crippen molar-refractivity contribution in [3.8, 4) is 5.75 Å². The summed E-state index contributed by atoms with van der Waals surface area (Å²) in [4.78, 5) is 0. The molecule has 19 heavy (non-hydrogen) atoms. The molecule has 0 radical (unpaired) electrons. The Balaban J connectivity index is 2.38. The fourth-order valence-electron chi connectivity index (χ4n) is 2.33. The second-order valence-electron chi connectivity index (χ2n) is 4.58. The molecule has 106 valence electrons. The largest absolute Gasteiger partial charge is 0.573 e. The van der Waals surface area contributed by atoms with Crippen LogP contribution in [0, 0.1) is 0 Å². The lowest BCUT2D eigenvalue weighted by molar-refractivity contribution is -0.275. The maximum atomic E-state index is 12.4. The van der Waals surface area contributed by atoms with Crippen LogP contribution in [0.5, 0.6) is 5.75 Å². The minimum absolute atomic E-state index is 0.167. The van der Waals surface area contributed by atoms with Gasteiger partial charge in [-0.25, -0.2) is 0 Å². The van der Waals surface area contributed by atoms with Gasteiger partial charge >= 0.3 is 6.36 Å². The van der Waals surface area contributed by atoms with Crippen molar-refractivity contribution in [2.45, 2.75) is 37.0 Å². The third-order valence-corrected chi connectivity index (χ3v) is 4.74. The predicted molar refractivity (Wildman–Crippen MR) is 68.2 cm³/mol. The van der Waals surface area contributed by atoms with Crippen molar-refractivity contribution >= 4 is 11.8 Å². The Morgan fingerprint density at radius 3 is 2.68 bits per heavy atom. The van der Waals surface area contributed by atoms with Gasteiger partial charge in [-0.2, -0.15) is 11.8 Å². The number of alkyl halides is 3. The van der Waals surface area contributed by atoms with E-state index in [2.05, 4.69) is 4.74 Å². The predicted octanol–water partition coefficient (Wildman–Crippen LogP) is 3.69. The van der Waals surface area contributed by atoms with E-state index in [9.17, 15) is 18.3 Å². The molecule has 1 N–H and O–H groups in total. The number of thioether (sulfide) groups is 1. The summed E-state index contributed by atoms with van der Waals surface area (Å²) >= 11 is 1.56. The van der Waals surface area contributed by atoms with Gasteiger partial charge < -0.3 is 9.84 Å². The van der Waals surface area contributed by atoms with Gasteiger partial charge in [0.1, 0.15) is 11.4 Å². The number of hydrogen-bond donors (Lipinski definition) is 1. The van der Waals surface area contributed by atoms with Gasteiger partial charge in [0.25, 0.3) is 0 Å². The van der Waals surface area contributed by atoms with Crippen LogP contribution < -0.4 is 4.74 Å². The average molecular weight is 292 g/mol. The third-order valence-electron chi connectivity index (χ3n) is 3.32. The molecule has 0 aromatic heterocycles. The Hall–Kier alpha value is -0.880. The first-order chi connectivity index (χ1) is 8.83. The highest BCUT2D eigenvalue weighted by Gasteiger charge is 2.42. The van der Waals surface area contributed by atoms with Crippen molar-refractivity contribution in [1.29, 1.82) is 0 Å². The van der Waals surface area contributed by atoms with Gasteiger partial charge in [-0.3, -0.25) is 0 Å². The minimum Gasteiger partial charge on any atom is -0.405 e. The van der Waals surface area contributed by atoms with E-state index in [4.69, 9.17) is 0 Å². The fraction of sp³-hybridized carbons (Fsp3) is 0.538. The molecule has 1 heterocycles. The Kier molecular flexibility index (Phi) is 4.01. The van der Waals surface area contributed by atoms with Crippen molar-refractivity contribution in [1.82, 2.24) is 0 Å². The molecule has 0 saturated carbocycles. The first-order valence-electron chi connectivity index (χ1n) is 6.02. The lowest BCUT2D eigenvalue weighted by Gasteiger charge is -2.38. The van der Waals surface area contributed by atoms with E-state index in [1.54, 1.807) is 17.8 Å².